The summed E-state index contributed by atoms with van der Waals surface area (Å²) in [4.78, 5) is 25.0. The summed E-state index contributed by atoms with van der Waals surface area (Å²) in [6, 6.07) is 15.6. The van der Waals surface area contributed by atoms with Gasteiger partial charge in [0.2, 0.25) is 5.54 Å². The number of hydrogen-bond donors (Lipinski definition) is 1. The number of ether oxygens (including phenoxy) is 2. The second-order valence-corrected chi connectivity index (χ2v) is 7.60. The van der Waals surface area contributed by atoms with Gasteiger partial charge in [-0.25, -0.2) is 0 Å². The lowest BCUT2D eigenvalue weighted by Crippen LogP contribution is -2.51. The number of nitrogens with one attached hydrogen (secondary N) is 1. The van der Waals surface area contributed by atoms with Crippen LogP contribution >= 0.6 is 0 Å². The number of nitro groups is 1. The van der Waals surface area contributed by atoms with E-state index >= 15 is 0 Å². The van der Waals surface area contributed by atoms with Crippen molar-refractivity contribution < 1.29 is 19.2 Å². The van der Waals surface area contributed by atoms with Crippen LogP contribution in [-0.4, -0.2) is 35.7 Å². The Labute approximate surface area is 170 Å². The van der Waals surface area contributed by atoms with E-state index in [9.17, 15) is 14.9 Å². The minimum absolute atomic E-state index is 0.285. The minimum atomic E-state index is -1.49. The highest BCUT2D eigenvalue weighted by Crippen LogP contribution is 2.53. The van der Waals surface area contributed by atoms with Gasteiger partial charge in [0.05, 0.1) is 19.6 Å². The Morgan fingerprint density at radius 1 is 1.10 bits per heavy atom. The van der Waals surface area contributed by atoms with E-state index in [-0.39, 0.29) is 4.92 Å². The number of carbonyl (C=O) groups excluding carboxylic acids is 1. The van der Waals surface area contributed by atoms with Crippen LogP contribution in [0.15, 0.2) is 54.6 Å². The fourth-order valence-electron chi connectivity index (χ4n) is 4.54. The molecule has 1 fully saturated rings. The molecular formula is C22H26N2O5. The number of rotatable bonds is 6. The second-order valence-electron chi connectivity index (χ2n) is 7.60. The third-order valence-electron chi connectivity index (χ3n) is 5.85. The van der Waals surface area contributed by atoms with Gasteiger partial charge < -0.3 is 9.47 Å². The van der Waals surface area contributed by atoms with Gasteiger partial charge in [-0.2, -0.15) is 0 Å². The molecule has 0 amide bonds. The molecule has 7 heteroatoms. The van der Waals surface area contributed by atoms with Crippen molar-refractivity contribution in [3.63, 3.8) is 0 Å². The Bertz CT molecular complexity index is 886. The van der Waals surface area contributed by atoms with Crippen molar-refractivity contribution in [2.75, 3.05) is 13.7 Å². The van der Waals surface area contributed by atoms with E-state index in [1.54, 1.807) is 38.1 Å². The van der Waals surface area contributed by atoms with Crippen molar-refractivity contribution >= 4 is 5.97 Å². The monoisotopic (exact) mass is 398 g/mol. The molecule has 29 heavy (non-hydrogen) atoms. The normalized spacial score (nSPS) is 28.7. The highest BCUT2D eigenvalue weighted by Gasteiger charge is 2.69. The fraction of sp³-hybridized carbons (Fsp3) is 0.409. The van der Waals surface area contributed by atoms with Gasteiger partial charge in [-0.3, -0.25) is 20.2 Å². The first-order valence-electron chi connectivity index (χ1n) is 9.57. The molecule has 1 heterocycles. The van der Waals surface area contributed by atoms with Gasteiger partial charge in [-0.15, -0.1) is 0 Å². The van der Waals surface area contributed by atoms with E-state index in [1.807, 2.05) is 37.3 Å². The zero-order chi connectivity index (χ0) is 21.2. The van der Waals surface area contributed by atoms with Gasteiger partial charge in [0, 0.05) is 11.8 Å². The van der Waals surface area contributed by atoms with E-state index in [4.69, 9.17) is 9.47 Å². The Kier molecular flexibility index (Phi) is 5.61. The maximum absolute atomic E-state index is 12.8. The minimum Gasteiger partial charge on any atom is -0.494 e. The van der Waals surface area contributed by atoms with E-state index in [1.165, 1.54) is 7.11 Å². The molecule has 1 aliphatic rings. The predicted octanol–water partition coefficient (Wildman–Crippen LogP) is 3.48. The molecule has 0 saturated carbocycles. The third kappa shape index (κ3) is 3.35. The first kappa shape index (κ1) is 20.8. The van der Waals surface area contributed by atoms with Crippen molar-refractivity contribution in [3.05, 3.63) is 75.8 Å². The SMILES string of the molecule is CCOc1ccc([C@H]2[C@](C)([N+](=O)[O-])[C@H](c3ccccc3)N[C@]2(C)C(=O)OC)cc1. The molecular weight excluding hydrogens is 372 g/mol. The van der Waals surface area contributed by atoms with Gasteiger partial charge in [0.25, 0.3) is 0 Å². The topological polar surface area (TPSA) is 90.7 Å². The largest absolute Gasteiger partial charge is 0.494 e. The Hall–Kier alpha value is -2.93. The average Bonchev–Trinajstić information content (AvgIpc) is 2.98. The number of hydrogen-bond acceptors (Lipinski definition) is 6. The summed E-state index contributed by atoms with van der Waals surface area (Å²) in [6.45, 7) is 5.67. The van der Waals surface area contributed by atoms with E-state index < -0.39 is 29.0 Å². The van der Waals surface area contributed by atoms with Crippen LogP contribution in [0.25, 0.3) is 0 Å². The van der Waals surface area contributed by atoms with Crippen LogP contribution in [0, 0.1) is 10.1 Å². The average molecular weight is 398 g/mol. The lowest BCUT2D eigenvalue weighted by molar-refractivity contribution is -0.571. The first-order valence-corrected chi connectivity index (χ1v) is 9.57. The standard InChI is InChI=1S/C22H26N2O5/c1-5-29-17-13-11-15(12-14-17)18-21(2,20(25)28-4)23-19(22(18,3)24(26)27)16-9-7-6-8-10-16/h6-14,18-19,23H,5H2,1-4H3/t18-,19+,21+,22+/m1/s1. The summed E-state index contributed by atoms with van der Waals surface area (Å²) in [5.41, 5.74) is -1.36. The van der Waals surface area contributed by atoms with Crippen molar-refractivity contribution in [1.82, 2.24) is 5.32 Å². The van der Waals surface area contributed by atoms with E-state index in [0.29, 0.717) is 17.9 Å². The molecule has 0 radical (unpaired) electrons. The smallest absolute Gasteiger partial charge is 0.326 e. The summed E-state index contributed by atoms with van der Waals surface area (Å²) in [7, 11) is 1.30. The van der Waals surface area contributed by atoms with Crippen LogP contribution in [0.5, 0.6) is 5.75 Å². The lowest BCUT2D eigenvalue weighted by atomic mass is 9.70. The summed E-state index contributed by atoms with van der Waals surface area (Å²) in [5, 5.41) is 15.7. The molecule has 0 aliphatic carbocycles. The van der Waals surface area contributed by atoms with E-state index in [2.05, 4.69) is 5.32 Å². The van der Waals surface area contributed by atoms with Crippen LogP contribution in [-0.2, 0) is 9.53 Å². The van der Waals surface area contributed by atoms with Crippen molar-refractivity contribution in [2.24, 2.45) is 0 Å². The quantitative estimate of drug-likeness (QED) is 0.455. The Morgan fingerprint density at radius 3 is 2.24 bits per heavy atom. The molecule has 1 N–H and O–H groups in total. The Morgan fingerprint density at radius 2 is 1.72 bits per heavy atom. The van der Waals surface area contributed by atoms with Gasteiger partial charge in [-0.05, 0) is 37.1 Å². The maximum atomic E-state index is 12.8. The number of benzene rings is 2. The Balaban J connectivity index is 2.19. The molecule has 3 rings (SSSR count). The van der Waals surface area contributed by atoms with Crippen LogP contribution in [0.3, 0.4) is 0 Å². The van der Waals surface area contributed by atoms with Crippen molar-refractivity contribution in [2.45, 2.75) is 43.8 Å². The predicted molar refractivity (Wildman–Crippen MR) is 108 cm³/mol. The number of carbonyl (C=O) groups is 1. The van der Waals surface area contributed by atoms with Crippen LogP contribution in [0.2, 0.25) is 0 Å². The van der Waals surface area contributed by atoms with Crippen LogP contribution in [0.1, 0.15) is 43.9 Å². The lowest BCUT2D eigenvalue weighted by Gasteiger charge is -2.32. The number of nitrogens with zero attached hydrogens (tertiary/aromatic N) is 1. The third-order valence-corrected chi connectivity index (χ3v) is 5.85. The summed E-state index contributed by atoms with van der Waals surface area (Å²) < 4.78 is 10.6. The van der Waals surface area contributed by atoms with Gasteiger partial charge >= 0.3 is 5.97 Å². The second kappa shape index (κ2) is 7.83. The first-order chi connectivity index (χ1) is 13.8. The summed E-state index contributed by atoms with van der Waals surface area (Å²) >= 11 is 0. The molecule has 1 aliphatic heterocycles. The maximum Gasteiger partial charge on any atom is 0.326 e. The highest BCUT2D eigenvalue weighted by molar-refractivity contribution is 5.83. The molecule has 2 aromatic carbocycles. The summed E-state index contributed by atoms with van der Waals surface area (Å²) in [6.07, 6.45) is 0. The van der Waals surface area contributed by atoms with E-state index in [0.717, 1.165) is 5.56 Å². The van der Waals surface area contributed by atoms with Crippen molar-refractivity contribution in [1.29, 1.82) is 0 Å². The molecule has 1 saturated heterocycles. The molecule has 154 valence electrons. The molecule has 0 spiro atoms. The molecule has 0 aromatic heterocycles. The molecule has 2 aromatic rings. The van der Waals surface area contributed by atoms with Gasteiger partial charge in [0.1, 0.15) is 17.3 Å². The van der Waals surface area contributed by atoms with Gasteiger partial charge in [0.15, 0.2) is 0 Å². The highest BCUT2D eigenvalue weighted by atomic mass is 16.6. The zero-order valence-corrected chi connectivity index (χ0v) is 17.0. The fourth-order valence-corrected chi connectivity index (χ4v) is 4.54. The zero-order valence-electron chi connectivity index (χ0n) is 17.0. The molecule has 0 bridgehead atoms. The number of methoxy groups -OCH3 is 1. The van der Waals surface area contributed by atoms with Crippen LogP contribution in [0.4, 0.5) is 0 Å². The molecule has 4 atom stereocenters. The van der Waals surface area contributed by atoms with Gasteiger partial charge in [-0.1, -0.05) is 42.5 Å². The molecule has 0 unspecified atom stereocenters. The summed E-state index contributed by atoms with van der Waals surface area (Å²) in [5.74, 6) is -0.634. The van der Waals surface area contributed by atoms with Crippen molar-refractivity contribution in [3.8, 4) is 5.75 Å². The molecule has 7 nitrogen and oxygen atoms in total. The van der Waals surface area contributed by atoms with Crippen LogP contribution < -0.4 is 10.1 Å². The number of esters is 1.